The fraction of sp³-hybridized carbons (Fsp3) is 0.500. The van der Waals surface area contributed by atoms with Crippen molar-refractivity contribution in [1.29, 1.82) is 0 Å². The molecule has 0 aromatic heterocycles. The van der Waals surface area contributed by atoms with Crippen LogP contribution in [-0.4, -0.2) is 25.3 Å². The van der Waals surface area contributed by atoms with Crippen LogP contribution in [0.4, 0.5) is 0 Å². The first-order valence-electron chi connectivity index (χ1n) is 2.66. The summed E-state index contributed by atoms with van der Waals surface area (Å²) >= 11 is 0. The van der Waals surface area contributed by atoms with Crippen LogP contribution in [0.1, 0.15) is 13.8 Å². The number of carbonyl (C=O) groups excluding carboxylic acids is 2. The van der Waals surface area contributed by atoms with Gasteiger partial charge in [0.05, 0.1) is 6.21 Å². The molecule has 0 amide bonds. The van der Waals surface area contributed by atoms with Crippen molar-refractivity contribution in [3.05, 3.63) is 0 Å². The Labute approximate surface area is 54.8 Å². The van der Waals surface area contributed by atoms with Gasteiger partial charge in [-0.05, 0) is 13.8 Å². The summed E-state index contributed by atoms with van der Waals surface area (Å²) in [7, 11) is 0. The van der Waals surface area contributed by atoms with Gasteiger partial charge in [-0.2, -0.15) is 0 Å². The molecule has 9 heavy (non-hydrogen) atoms. The van der Waals surface area contributed by atoms with Gasteiger partial charge in [0.25, 0.3) is 0 Å². The molecule has 52 valence electrons. The summed E-state index contributed by atoms with van der Waals surface area (Å²) in [6.45, 7) is 4.01. The van der Waals surface area contributed by atoms with Gasteiger partial charge < -0.3 is 4.79 Å². The Hall–Kier alpha value is -0.990. The van der Waals surface area contributed by atoms with Gasteiger partial charge in [-0.25, -0.2) is 0 Å². The van der Waals surface area contributed by atoms with Crippen molar-refractivity contribution >= 4 is 18.8 Å². The zero-order valence-corrected chi connectivity index (χ0v) is 5.70. The summed E-state index contributed by atoms with van der Waals surface area (Å²) in [5, 5.41) is 0. The molecule has 0 spiro atoms. The minimum atomic E-state index is 0.670. The van der Waals surface area contributed by atoms with E-state index in [9.17, 15) is 4.79 Å². The van der Waals surface area contributed by atoms with Crippen LogP contribution in [-0.2, 0) is 9.59 Å². The van der Waals surface area contributed by atoms with Gasteiger partial charge >= 0.3 is 0 Å². The summed E-state index contributed by atoms with van der Waals surface area (Å²) in [4.78, 5) is 21.8. The van der Waals surface area contributed by atoms with Gasteiger partial charge in [0, 0.05) is 6.54 Å². The van der Waals surface area contributed by atoms with E-state index in [1.54, 1.807) is 0 Å². The van der Waals surface area contributed by atoms with Gasteiger partial charge in [0.2, 0.25) is 0 Å². The number of hydrogen-bond acceptors (Lipinski definition) is 3. The molecule has 0 aromatic carbocycles. The molecule has 0 bridgehead atoms. The molecule has 0 heterocycles. The topological polar surface area (TPSA) is 46.5 Å². The number of aldehydes is 2. The van der Waals surface area contributed by atoms with Crippen LogP contribution in [0.5, 0.6) is 0 Å². The average molecular weight is 129 g/mol. The Morgan fingerprint density at radius 1 is 1.44 bits per heavy atom. The van der Waals surface area contributed by atoms with Crippen LogP contribution in [0.15, 0.2) is 4.99 Å². The first kappa shape index (κ1) is 10.9. The Kier molecular flexibility index (Phi) is 19.1. The van der Waals surface area contributed by atoms with E-state index in [1.807, 2.05) is 6.92 Å². The van der Waals surface area contributed by atoms with Gasteiger partial charge in [-0.3, -0.25) is 9.79 Å². The Bertz CT molecular complexity index is 89.1. The Morgan fingerprint density at radius 2 is 1.89 bits per heavy atom. The lowest BCUT2D eigenvalue weighted by molar-refractivity contribution is -0.106. The van der Waals surface area contributed by atoms with E-state index in [4.69, 9.17) is 4.79 Å². The number of nitrogens with zero attached hydrogens (tertiary/aromatic N) is 1. The highest BCUT2D eigenvalue weighted by Gasteiger charge is 1.58. The quantitative estimate of drug-likeness (QED) is 0.402. The van der Waals surface area contributed by atoms with Crippen LogP contribution < -0.4 is 0 Å². The highest BCUT2D eigenvalue weighted by atomic mass is 16.1. The minimum absolute atomic E-state index is 0.670. The zero-order valence-electron chi connectivity index (χ0n) is 5.70. The maximum atomic E-state index is 9.41. The maximum Gasteiger partial charge on any atom is 0.160 e. The van der Waals surface area contributed by atoms with Crippen LogP contribution in [0, 0.1) is 0 Å². The first-order valence-corrected chi connectivity index (χ1v) is 2.66. The fourth-order valence-electron chi connectivity index (χ4n) is 0.148. The third-order valence-corrected chi connectivity index (χ3v) is 0.349. The molecular weight excluding hydrogens is 118 g/mol. The third kappa shape index (κ3) is 43.6. The molecule has 0 aliphatic heterocycles. The van der Waals surface area contributed by atoms with E-state index < -0.39 is 0 Å². The van der Waals surface area contributed by atoms with E-state index in [0.717, 1.165) is 6.29 Å². The molecule has 0 saturated heterocycles. The number of hydrogen-bond donors (Lipinski definition) is 0. The first-order chi connectivity index (χ1) is 4.33. The summed E-state index contributed by atoms with van der Waals surface area (Å²) in [6, 6.07) is 0. The maximum absolute atomic E-state index is 9.41. The van der Waals surface area contributed by atoms with Gasteiger partial charge in [0.1, 0.15) is 6.29 Å². The SMILES string of the molecule is CC=O.CCN=CC=O. The number of aliphatic imine (C=N–C) groups is 1. The molecule has 0 N–H and O–H groups in total. The monoisotopic (exact) mass is 129 g/mol. The lowest BCUT2D eigenvalue weighted by atomic mass is 10.7. The summed E-state index contributed by atoms with van der Waals surface area (Å²) < 4.78 is 0. The van der Waals surface area contributed by atoms with E-state index in [2.05, 4.69) is 4.99 Å². The largest absolute Gasteiger partial charge is 0.304 e. The molecule has 0 radical (unpaired) electrons. The van der Waals surface area contributed by atoms with Crippen molar-refractivity contribution in [1.82, 2.24) is 0 Å². The van der Waals surface area contributed by atoms with Crippen molar-refractivity contribution in [2.24, 2.45) is 4.99 Å². The average Bonchev–Trinajstić information content (AvgIpc) is 1.86. The lowest BCUT2D eigenvalue weighted by Crippen LogP contribution is -1.72. The van der Waals surface area contributed by atoms with Gasteiger partial charge in [-0.15, -0.1) is 0 Å². The van der Waals surface area contributed by atoms with Crippen molar-refractivity contribution in [2.75, 3.05) is 6.54 Å². The second-order valence-electron chi connectivity index (χ2n) is 1.02. The molecule has 0 aromatic rings. The lowest BCUT2D eigenvalue weighted by Gasteiger charge is -1.67. The standard InChI is InChI=1S/C4H7NO.C2H4O/c1-2-5-3-4-6;1-2-3/h3-4H,2H2,1H3;2H,1H3. The molecule has 3 heteroatoms. The molecule has 0 rings (SSSR count). The van der Waals surface area contributed by atoms with Crippen molar-refractivity contribution in [3.63, 3.8) is 0 Å². The normalized spacial score (nSPS) is 7.78. The molecule has 0 aliphatic rings. The van der Waals surface area contributed by atoms with E-state index in [-0.39, 0.29) is 0 Å². The van der Waals surface area contributed by atoms with Crippen molar-refractivity contribution in [3.8, 4) is 0 Å². The highest BCUT2D eigenvalue weighted by molar-refractivity contribution is 6.12. The second-order valence-corrected chi connectivity index (χ2v) is 1.02. The van der Waals surface area contributed by atoms with Gasteiger partial charge in [-0.1, -0.05) is 0 Å². The smallest absolute Gasteiger partial charge is 0.160 e. The predicted molar refractivity (Wildman–Crippen MR) is 36.8 cm³/mol. The molecule has 0 aliphatic carbocycles. The van der Waals surface area contributed by atoms with Crippen LogP contribution in [0.3, 0.4) is 0 Å². The van der Waals surface area contributed by atoms with Crippen LogP contribution >= 0.6 is 0 Å². The molecule has 0 atom stereocenters. The zero-order chi connectivity index (χ0) is 7.54. The summed E-state index contributed by atoms with van der Waals surface area (Å²) in [6.07, 6.45) is 2.67. The summed E-state index contributed by atoms with van der Waals surface area (Å²) in [5.74, 6) is 0. The highest BCUT2D eigenvalue weighted by Crippen LogP contribution is 1.56. The van der Waals surface area contributed by atoms with E-state index in [0.29, 0.717) is 12.8 Å². The molecular formula is C6H11NO2. The number of rotatable bonds is 2. The molecule has 0 unspecified atom stereocenters. The minimum Gasteiger partial charge on any atom is -0.304 e. The number of carbonyl (C=O) groups is 2. The van der Waals surface area contributed by atoms with Crippen molar-refractivity contribution in [2.45, 2.75) is 13.8 Å². The summed E-state index contributed by atoms with van der Waals surface area (Å²) in [5.41, 5.74) is 0. The fourth-order valence-corrected chi connectivity index (χ4v) is 0.148. The van der Waals surface area contributed by atoms with E-state index in [1.165, 1.54) is 13.1 Å². The van der Waals surface area contributed by atoms with Crippen LogP contribution in [0.2, 0.25) is 0 Å². The second kappa shape index (κ2) is 15.7. The van der Waals surface area contributed by atoms with E-state index >= 15 is 0 Å². The van der Waals surface area contributed by atoms with Gasteiger partial charge in [0.15, 0.2) is 6.29 Å². The molecule has 0 fully saturated rings. The third-order valence-electron chi connectivity index (χ3n) is 0.349. The Balaban J connectivity index is 0. The van der Waals surface area contributed by atoms with Crippen LogP contribution in [0.25, 0.3) is 0 Å². The molecule has 0 saturated carbocycles. The Morgan fingerprint density at radius 3 is 2.00 bits per heavy atom. The molecule has 3 nitrogen and oxygen atoms in total. The predicted octanol–water partition coefficient (Wildman–Crippen LogP) is 0.481. The van der Waals surface area contributed by atoms with Crippen molar-refractivity contribution < 1.29 is 9.59 Å².